The summed E-state index contributed by atoms with van der Waals surface area (Å²) in [5, 5.41) is 8.84. The van der Waals surface area contributed by atoms with Gasteiger partial charge >= 0.3 is 5.97 Å². The Morgan fingerprint density at radius 2 is 1.91 bits per heavy atom. The highest BCUT2D eigenvalue weighted by Gasteiger charge is 2.32. The van der Waals surface area contributed by atoms with E-state index in [1.165, 1.54) is 6.07 Å². The summed E-state index contributed by atoms with van der Waals surface area (Å²) >= 11 is 0. The van der Waals surface area contributed by atoms with Crippen molar-refractivity contribution in [2.75, 3.05) is 24.6 Å². The van der Waals surface area contributed by atoms with E-state index in [0.29, 0.717) is 24.6 Å². The number of esters is 1. The van der Waals surface area contributed by atoms with Crippen LogP contribution < -0.4 is 9.62 Å². The average Bonchev–Trinajstić information content (AvgIpc) is 2.79. The SMILES string of the molecule is CCOC(=O)c1cc(C#N)c(N2CCC(S(=O)(=O)NC(=O)Cc3ccccc3)CC2)nc1C. The number of hydrogen-bond acceptors (Lipinski definition) is 8. The number of anilines is 1. The molecule has 0 radical (unpaired) electrons. The molecule has 2 heterocycles. The topological polar surface area (TPSA) is 129 Å². The van der Waals surface area contributed by atoms with Crippen molar-refractivity contribution in [2.24, 2.45) is 0 Å². The van der Waals surface area contributed by atoms with Gasteiger partial charge in [0.15, 0.2) is 0 Å². The Bertz CT molecular complexity index is 1170. The van der Waals surface area contributed by atoms with Crippen molar-refractivity contribution < 1.29 is 22.7 Å². The third-order valence-corrected chi connectivity index (χ3v) is 7.31. The van der Waals surface area contributed by atoms with Crippen molar-refractivity contribution in [1.82, 2.24) is 9.71 Å². The second-order valence-electron chi connectivity index (χ2n) is 7.74. The Morgan fingerprint density at radius 1 is 1.24 bits per heavy atom. The molecule has 2 aromatic rings. The molecule has 0 unspecified atom stereocenters. The van der Waals surface area contributed by atoms with E-state index in [1.807, 2.05) is 11.0 Å². The summed E-state index contributed by atoms with van der Waals surface area (Å²) in [5.41, 5.74) is 1.62. The molecule has 0 spiro atoms. The van der Waals surface area contributed by atoms with Gasteiger partial charge in [0, 0.05) is 13.1 Å². The van der Waals surface area contributed by atoms with E-state index in [9.17, 15) is 23.3 Å². The molecule has 1 amide bonds. The maximum atomic E-state index is 12.7. The lowest BCUT2D eigenvalue weighted by molar-refractivity contribution is -0.118. The molecule has 1 saturated heterocycles. The third-order valence-electron chi connectivity index (χ3n) is 5.45. The predicted octanol–water partition coefficient (Wildman–Crippen LogP) is 2.10. The number of benzene rings is 1. The van der Waals surface area contributed by atoms with Gasteiger partial charge in [0.2, 0.25) is 15.9 Å². The number of rotatable bonds is 7. The maximum Gasteiger partial charge on any atom is 0.340 e. The molecule has 0 atom stereocenters. The number of amides is 1. The van der Waals surface area contributed by atoms with E-state index in [0.717, 1.165) is 5.56 Å². The standard InChI is InChI=1S/C23H26N4O5S/c1-3-32-23(29)20-14-18(15-24)22(25-16(20)2)27-11-9-19(10-12-27)33(30,31)26-21(28)13-17-7-5-4-6-8-17/h4-8,14,19H,3,9-13H2,1-2H3,(H,26,28). The Morgan fingerprint density at radius 3 is 2.52 bits per heavy atom. The average molecular weight is 471 g/mol. The summed E-state index contributed by atoms with van der Waals surface area (Å²) < 4.78 is 32.6. The van der Waals surface area contributed by atoms with Gasteiger partial charge in [-0.3, -0.25) is 9.52 Å². The molecular weight excluding hydrogens is 444 g/mol. The fraction of sp³-hybridized carbons (Fsp3) is 0.391. The van der Waals surface area contributed by atoms with Crippen molar-refractivity contribution in [1.29, 1.82) is 5.26 Å². The predicted molar refractivity (Wildman–Crippen MR) is 122 cm³/mol. The van der Waals surface area contributed by atoms with Crippen molar-refractivity contribution >= 4 is 27.7 Å². The van der Waals surface area contributed by atoms with E-state index in [2.05, 4.69) is 15.8 Å². The van der Waals surface area contributed by atoms with Gasteiger partial charge in [-0.05, 0) is 38.3 Å². The number of hydrogen-bond donors (Lipinski definition) is 1. The van der Waals surface area contributed by atoms with Gasteiger partial charge in [-0.25, -0.2) is 18.2 Å². The van der Waals surface area contributed by atoms with E-state index in [1.54, 1.807) is 38.1 Å². The zero-order chi connectivity index (χ0) is 24.0. The van der Waals surface area contributed by atoms with Crippen LogP contribution in [0.25, 0.3) is 0 Å². The molecule has 1 aromatic carbocycles. The number of piperidine rings is 1. The smallest absolute Gasteiger partial charge is 0.340 e. The van der Waals surface area contributed by atoms with Gasteiger partial charge in [-0.15, -0.1) is 0 Å². The Kier molecular flexibility index (Phi) is 7.66. The molecule has 0 aliphatic carbocycles. The monoisotopic (exact) mass is 470 g/mol. The lowest BCUT2D eigenvalue weighted by atomic mass is 10.1. The van der Waals surface area contributed by atoms with Gasteiger partial charge in [-0.2, -0.15) is 5.26 Å². The minimum Gasteiger partial charge on any atom is -0.462 e. The lowest BCUT2D eigenvalue weighted by Crippen LogP contribution is -2.46. The van der Waals surface area contributed by atoms with Gasteiger partial charge < -0.3 is 9.64 Å². The summed E-state index contributed by atoms with van der Waals surface area (Å²) in [7, 11) is -3.83. The molecule has 174 valence electrons. The van der Waals surface area contributed by atoms with Crippen LogP contribution in [0.2, 0.25) is 0 Å². The van der Waals surface area contributed by atoms with Crippen LogP contribution in [-0.2, 0) is 26.0 Å². The Labute approximate surface area is 193 Å². The van der Waals surface area contributed by atoms with Gasteiger partial charge in [0.1, 0.15) is 11.9 Å². The molecule has 0 bridgehead atoms. The molecule has 33 heavy (non-hydrogen) atoms. The van der Waals surface area contributed by atoms with E-state index in [4.69, 9.17) is 4.74 Å². The molecule has 1 aliphatic heterocycles. The number of nitrogens with one attached hydrogen (secondary N) is 1. The summed E-state index contributed by atoms with van der Waals surface area (Å²) in [6.07, 6.45) is 0.540. The minimum absolute atomic E-state index is 0.0134. The lowest BCUT2D eigenvalue weighted by Gasteiger charge is -2.33. The Hall–Kier alpha value is -3.45. The first-order valence-electron chi connectivity index (χ1n) is 10.7. The fourth-order valence-electron chi connectivity index (χ4n) is 3.77. The summed E-state index contributed by atoms with van der Waals surface area (Å²) in [4.78, 5) is 30.6. The molecule has 1 aromatic heterocycles. The van der Waals surface area contributed by atoms with Crippen LogP contribution >= 0.6 is 0 Å². The normalized spacial score (nSPS) is 14.4. The third kappa shape index (κ3) is 5.87. The van der Waals surface area contributed by atoms with E-state index in [-0.39, 0.29) is 37.0 Å². The van der Waals surface area contributed by atoms with Gasteiger partial charge in [-0.1, -0.05) is 30.3 Å². The highest BCUT2D eigenvalue weighted by molar-refractivity contribution is 7.90. The zero-order valence-corrected chi connectivity index (χ0v) is 19.4. The molecule has 1 fully saturated rings. The number of sulfonamides is 1. The van der Waals surface area contributed by atoms with Crippen LogP contribution in [0, 0.1) is 18.3 Å². The second-order valence-corrected chi connectivity index (χ2v) is 9.70. The molecule has 9 nitrogen and oxygen atoms in total. The van der Waals surface area contributed by atoms with Crippen molar-refractivity contribution in [3.05, 3.63) is 58.8 Å². The Balaban J connectivity index is 1.66. The number of nitriles is 1. The van der Waals surface area contributed by atoms with E-state index >= 15 is 0 Å². The number of carbonyl (C=O) groups excluding carboxylic acids is 2. The summed E-state index contributed by atoms with van der Waals surface area (Å²) in [5.74, 6) is -0.698. The molecule has 10 heteroatoms. The quantitative estimate of drug-likeness (QED) is 0.609. The first-order valence-corrected chi connectivity index (χ1v) is 12.2. The van der Waals surface area contributed by atoms with Crippen molar-refractivity contribution in [3.63, 3.8) is 0 Å². The van der Waals surface area contributed by atoms with Crippen LogP contribution in [0.3, 0.4) is 0 Å². The molecular formula is C23H26N4O5S. The van der Waals surface area contributed by atoms with Gasteiger partial charge in [0.05, 0.1) is 35.1 Å². The number of pyridine rings is 1. The molecule has 0 saturated carbocycles. The van der Waals surface area contributed by atoms with Crippen molar-refractivity contribution in [3.8, 4) is 6.07 Å². The highest BCUT2D eigenvalue weighted by atomic mass is 32.2. The van der Waals surface area contributed by atoms with Crippen LogP contribution in [-0.4, -0.2) is 50.2 Å². The van der Waals surface area contributed by atoms with Crippen LogP contribution in [0.4, 0.5) is 5.82 Å². The van der Waals surface area contributed by atoms with Crippen molar-refractivity contribution in [2.45, 2.75) is 38.4 Å². The summed E-state index contributed by atoms with van der Waals surface area (Å²) in [6.45, 7) is 4.27. The second kappa shape index (κ2) is 10.4. The summed E-state index contributed by atoms with van der Waals surface area (Å²) in [6, 6.07) is 12.5. The van der Waals surface area contributed by atoms with Crippen LogP contribution in [0.15, 0.2) is 36.4 Å². The number of ether oxygens (including phenoxy) is 1. The molecule has 1 N–H and O–H groups in total. The molecule has 1 aliphatic rings. The largest absolute Gasteiger partial charge is 0.462 e. The number of nitrogens with zero attached hydrogens (tertiary/aromatic N) is 3. The van der Waals surface area contributed by atoms with Gasteiger partial charge in [0.25, 0.3) is 0 Å². The number of carbonyl (C=O) groups is 2. The van der Waals surface area contributed by atoms with Crippen LogP contribution in [0.5, 0.6) is 0 Å². The number of aromatic nitrogens is 1. The first kappa shape index (κ1) is 24.2. The van der Waals surface area contributed by atoms with Crippen LogP contribution in [0.1, 0.15) is 46.9 Å². The van der Waals surface area contributed by atoms with E-state index < -0.39 is 27.1 Å². The zero-order valence-electron chi connectivity index (χ0n) is 18.6. The first-order chi connectivity index (χ1) is 15.7. The maximum absolute atomic E-state index is 12.7. The molecule has 3 rings (SSSR count). The number of aryl methyl sites for hydroxylation is 1. The fourth-order valence-corrected chi connectivity index (χ4v) is 5.16. The highest BCUT2D eigenvalue weighted by Crippen LogP contribution is 2.26. The minimum atomic E-state index is -3.83.